The summed E-state index contributed by atoms with van der Waals surface area (Å²) in [7, 11) is 0. The van der Waals surface area contributed by atoms with E-state index in [1.807, 2.05) is 6.92 Å². The van der Waals surface area contributed by atoms with Crippen LogP contribution < -0.4 is 0 Å². The molecule has 18 heavy (non-hydrogen) atoms. The van der Waals surface area contributed by atoms with Gasteiger partial charge in [-0.25, -0.2) is 0 Å². The number of hydrogen-bond acceptors (Lipinski definition) is 1. The predicted molar refractivity (Wildman–Crippen MR) is 77.4 cm³/mol. The monoisotopic (exact) mass is 251 g/mol. The van der Waals surface area contributed by atoms with Gasteiger partial charge in [-0.1, -0.05) is 32.9 Å². The van der Waals surface area contributed by atoms with Crippen molar-refractivity contribution in [1.82, 2.24) is 4.90 Å². The second-order valence-electron chi connectivity index (χ2n) is 5.41. The largest absolute Gasteiger partial charge is 0.342 e. The van der Waals surface area contributed by atoms with Gasteiger partial charge in [0.2, 0.25) is 5.91 Å². The standard InChI is InChI=1S/C16H29NO/c1-4-7-8-9-10-14-12-15(14)13-17(11-5-2)16(18)6-3/h7-8,14-15H,4-6,9-13H2,1-3H3. The van der Waals surface area contributed by atoms with Gasteiger partial charge in [0.05, 0.1) is 0 Å². The summed E-state index contributed by atoms with van der Waals surface area (Å²) < 4.78 is 0. The van der Waals surface area contributed by atoms with Gasteiger partial charge in [-0.3, -0.25) is 4.79 Å². The van der Waals surface area contributed by atoms with Crippen LogP contribution in [0.4, 0.5) is 0 Å². The molecular formula is C16H29NO. The molecule has 0 aromatic rings. The minimum atomic E-state index is 0.327. The zero-order valence-corrected chi connectivity index (χ0v) is 12.3. The molecule has 2 atom stereocenters. The number of hydrogen-bond donors (Lipinski definition) is 0. The quantitative estimate of drug-likeness (QED) is 0.567. The second kappa shape index (κ2) is 8.34. The van der Waals surface area contributed by atoms with Crippen LogP contribution in [0.3, 0.4) is 0 Å². The lowest BCUT2D eigenvalue weighted by Crippen LogP contribution is -2.33. The van der Waals surface area contributed by atoms with Crippen molar-refractivity contribution in [2.24, 2.45) is 11.8 Å². The lowest BCUT2D eigenvalue weighted by molar-refractivity contribution is -0.131. The molecular weight excluding hydrogens is 222 g/mol. The maximum atomic E-state index is 11.8. The Morgan fingerprint density at radius 1 is 1.22 bits per heavy atom. The SMILES string of the molecule is CCC=CCCC1CC1CN(CCC)C(=O)CC. The van der Waals surface area contributed by atoms with Gasteiger partial charge in [-0.05, 0) is 43.9 Å². The van der Waals surface area contributed by atoms with Crippen molar-refractivity contribution in [3.63, 3.8) is 0 Å². The molecule has 0 aromatic heterocycles. The molecule has 0 aromatic carbocycles. The number of carbonyl (C=O) groups excluding carboxylic acids is 1. The van der Waals surface area contributed by atoms with Gasteiger partial charge >= 0.3 is 0 Å². The third-order valence-corrected chi connectivity index (χ3v) is 3.78. The summed E-state index contributed by atoms with van der Waals surface area (Å²) in [5.41, 5.74) is 0. The minimum Gasteiger partial charge on any atom is -0.342 e. The molecule has 1 fully saturated rings. The maximum absolute atomic E-state index is 11.8. The molecule has 2 nitrogen and oxygen atoms in total. The van der Waals surface area contributed by atoms with Crippen LogP contribution in [0.5, 0.6) is 0 Å². The van der Waals surface area contributed by atoms with Gasteiger partial charge in [0, 0.05) is 19.5 Å². The fraction of sp³-hybridized carbons (Fsp3) is 0.812. The lowest BCUT2D eigenvalue weighted by atomic mass is 10.1. The number of carbonyl (C=O) groups is 1. The average Bonchev–Trinajstić information content (AvgIpc) is 3.11. The van der Waals surface area contributed by atoms with Crippen LogP contribution in [0.15, 0.2) is 12.2 Å². The van der Waals surface area contributed by atoms with Crippen LogP contribution in [0.25, 0.3) is 0 Å². The number of allylic oxidation sites excluding steroid dienone is 2. The van der Waals surface area contributed by atoms with Crippen LogP contribution in [-0.2, 0) is 4.79 Å². The number of nitrogens with zero attached hydrogens (tertiary/aromatic N) is 1. The Morgan fingerprint density at radius 2 is 2.00 bits per heavy atom. The van der Waals surface area contributed by atoms with Gasteiger partial charge in [-0.15, -0.1) is 0 Å². The summed E-state index contributed by atoms with van der Waals surface area (Å²) >= 11 is 0. The van der Waals surface area contributed by atoms with Crippen molar-refractivity contribution >= 4 is 5.91 Å². The third kappa shape index (κ3) is 5.24. The molecule has 0 heterocycles. The number of rotatable bonds is 9. The van der Waals surface area contributed by atoms with E-state index in [0.29, 0.717) is 12.3 Å². The van der Waals surface area contributed by atoms with E-state index in [9.17, 15) is 4.79 Å². The van der Waals surface area contributed by atoms with Crippen LogP contribution in [0, 0.1) is 11.8 Å². The van der Waals surface area contributed by atoms with Crippen molar-refractivity contribution < 1.29 is 4.79 Å². The van der Waals surface area contributed by atoms with Crippen molar-refractivity contribution in [1.29, 1.82) is 0 Å². The first kappa shape index (κ1) is 15.3. The van der Waals surface area contributed by atoms with Crippen molar-refractivity contribution in [3.8, 4) is 0 Å². The van der Waals surface area contributed by atoms with Gasteiger partial charge in [0.15, 0.2) is 0 Å². The van der Waals surface area contributed by atoms with Gasteiger partial charge < -0.3 is 4.90 Å². The average molecular weight is 251 g/mol. The molecule has 1 rings (SSSR count). The first-order chi connectivity index (χ1) is 8.72. The summed E-state index contributed by atoms with van der Waals surface area (Å²) in [4.78, 5) is 13.9. The van der Waals surface area contributed by atoms with Crippen LogP contribution in [0.1, 0.15) is 59.3 Å². The smallest absolute Gasteiger partial charge is 0.222 e. The zero-order valence-electron chi connectivity index (χ0n) is 12.3. The first-order valence-electron chi connectivity index (χ1n) is 7.65. The zero-order chi connectivity index (χ0) is 13.4. The minimum absolute atomic E-state index is 0.327. The molecule has 104 valence electrons. The van der Waals surface area contributed by atoms with E-state index in [-0.39, 0.29) is 0 Å². The molecule has 1 aliphatic rings. The van der Waals surface area contributed by atoms with Crippen molar-refractivity contribution in [2.75, 3.05) is 13.1 Å². The first-order valence-corrected chi connectivity index (χ1v) is 7.65. The molecule has 0 spiro atoms. The fourth-order valence-electron chi connectivity index (χ4n) is 2.58. The molecule has 0 N–H and O–H groups in total. The highest BCUT2D eigenvalue weighted by Crippen LogP contribution is 2.42. The predicted octanol–water partition coefficient (Wildman–Crippen LogP) is 4.02. The Bertz CT molecular complexity index is 272. The van der Waals surface area contributed by atoms with E-state index in [4.69, 9.17) is 0 Å². The highest BCUT2D eigenvalue weighted by Gasteiger charge is 2.37. The molecule has 1 aliphatic carbocycles. The Morgan fingerprint density at radius 3 is 2.61 bits per heavy atom. The second-order valence-corrected chi connectivity index (χ2v) is 5.41. The Kier molecular flexibility index (Phi) is 7.07. The normalized spacial score (nSPS) is 22.4. The Labute approximate surface area is 112 Å². The highest BCUT2D eigenvalue weighted by atomic mass is 16.2. The highest BCUT2D eigenvalue weighted by molar-refractivity contribution is 5.75. The molecule has 1 saturated carbocycles. The molecule has 2 heteroatoms. The lowest BCUT2D eigenvalue weighted by Gasteiger charge is -2.21. The third-order valence-electron chi connectivity index (χ3n) is 3.78. The summed E-state index contributed by atoms with van der Waals surface area (Å²) in [5, 5.41) is 0. The maximum Gasteiger partial charge on any atom is 0.222 e. The number of amides is 1. The van der Waals surface area contributed by atoms with E-state index in [0.717, 1.165) is 37.8 Å². The Balaban J connectivity index is 2.22. The van der Waals surface area contributed by atoms with Crippen molar-refractivity contribution in [3.05, 3.63) is 12.2 Å². The topological polar surface area (TPSA) is 20.3 Å². The van der Waals surface area contributed by atoms with E-state index >= 15 is 0 Å². The van der Waals surface area contributed by atoms with Crippen LogP contribution >= 0.6 is 0 Å². The summed E-state index contributed by atoms with van der Waals surface area (Å²) in [5.74, 6) is 1.98. The van der Waals surface area contributed by atoms with Crippen LogP contribution in [0.2, 0.25) is 0 Å². The van der Waals surface area contributed by atoms with Crippen molar-refractivity contribution in [2.45, 2.75) is 59.3 Å². The molecule has 2 unspecified atom stereocenters. The van der Waals surface area contributed by atoms with Gasteiger partial charge in [-0.2, -0.15) is 0 Å². The summed E-state index contributed by atoms with van der Waals surface area (Å²) in [6.45, 7) is 8.23. The Hall–Kier alpha value is -0.790. The molecule has 0 bridgehead atoms. The molecule has 0 radical (unpaired) electrons. The van der Waals surface area contributed by atoms with E-state index in [1.54, 1.807) is 0 Å². The summed E-state index contributed by atoms with van der Waals surface area (Å²) in [6, 6.07) is 0. The van der Waals surface area contributed by atoms with E-state index < -0.39 is 0 Å². The molecule has 0 saturated heterocycles. The van der Waals surface area contributed by atoms with Gasteiger partial charge in [0.1, 0.15) is 0 Å². The van der Waals surface area contributed by atoms with E-state index in [2.05, 4.69) is 30.9 Å². The van der Waals surface area contributed by atoms with E-state index in [1.165, 1.54) is 19.3 Å². The molecule has 1 amide bonds. The summed E-state index contributed by atoms with van der Waals surface area (Å²) in [6.07, 6.45) is 11.3. The molecule has 0 aliphatic heterocycles. The van der Waals surface area contributed by atoms with Gasteiger partial charge in [0.25, 0.3) is 0 Å². The van der Waals surface area contributed by atoms with Crippen LogP contribution in [-0.4, -0.2) is 23.9 Å². The fourth-order valence-corrected chi connectivity index (χ4v) is 2.58.